The molecule has 2 aromatic rings. The molecule has 0 aliphatic rings. The molecule has 0 spiro atoms. The number of carbonyl (C=O) groups excluding carboxylic acids is 1. The standard InChI is InChI=1S/C14H9N4O.BrH/c15-8-12-13(9-16)18(7-6-17-12)10-14(19)11-4-2-1-3-5-11;/h1-7H,10H2;1H/q+1;/p-1. The highest BCUT2D eigenvalue weighted by molar-refractivity contribution is 5.94. The molecule has 0 fully saturated rings. The van der Waals surface area contributed by atoms with E-state index in [0.29, 0.717) is 5.56 Å². The van der Waals surface area contributed by atoms with Crippen LogP contribution in [0.2, 0.25) is 0 Å². The van der Waals surface area contributed by atoms with Crippen LogP contribution < -0.4 is 21.5 Å². The first-order valence-electron chi connectivity index (χ1n) is 5.53. The molecule has 0 aliphatic heterocycles. The molecule has 1 aromatic carbocycles. The number of hydrogen-bond acceptors (Lipinski definition) is 4. The molecule has 98 valence electrons. The van der Waals surface area contributed by atoms with Gasteiger partial charge in [0.2, 0.25) is 18.0 Å². The molecule has 1 aromatic heterocycles. The minimum Gasteiger partial charge on any atom is -1.00 e. The number of nitrogens with zero attached hydrogens (tertiary/aromatic N) is 4. The van der Waals surface area contributed by atoms with Crippen molar-refractivity contribution in [3.8, 4) is 12.1 Å². The quantitative estimate of drug-likeness (QED) is 0.482. The van der Waals surface area contributed by atoms with Crippen LogP contribution in [0.5, 0.6) is 0 Å². The topological polar surface area (TPSA) is 81.4 Å². The fourth-order valence-corrected chi connectivity index (χ4v) is 1.66. The second-order valence-corrected chi connectivity index (χ2v) is 3.77. The van der Waals surface area contributed by atoms with Gasteiger partial charge in [-0.25, -0.2) is 4.98 Å². The normalized spacial score (nSPS) is 8.90. The molecule has 0 bridgehead atoms. The second kappa shape index (κ2) is 7.13. The number of nitriles is 2. The summed E-state index contributed by atoms with van der Waals surface area (Å²) >= 11 is 0. The van der Waals surface area contributed by atoms with E-state index in [1.54, 1.807) is 24.3 Å². The van der Waals surface area contributed by atoms with Gasteiger partial charge in [0.1, 0.15) is 6.07 Å². The van der Waals surface area contributed by atoms with Crippen LogP contribution in [-0.2, 0) is 6.54 Å². The number of halogens is 1. The van der Waals surface area contributed by atoms with Crippen LogP contribution in [0.4, 0.5) is 0 Å². The monoisotopic (exact) mass is 328 g/mol. The maximum atomic E-state index is 12.0. The fraction of sp³-hybridized carbons (Fsp3) is 0.0714. The average Bonchev–Trinajstić information content (AvgIpc) is 2.47. The predicted octanol–water partition coefficient (Wildman–Crippen LogP) is -2.00. The van der Waals surface area contributed by atoms with Gasteiger partial charge in [-0.2, -0.15) is 15.1 Å². The van der Waals surface area contributed by atoms with E-state index in [0.717, 1.165) is 0 Å². The molecule has 0 saturated heterocycles. The van der Waals surface area contributed by atoms with Crippen molar-refractivity contribution in [2.45, 2.75) is 6.54 Å². The Balaban J connectivity index is 0.00000200. The van der Waals surface area contributed by atoms with Crippen molar-refractivity contribution < 1.29 is 26.3 Å². The third kappa shape index (κ3) is 3.25. The molecule has 0 saturated carbocycles. The van der Waals surface area contributed by atoms with E-state index in [1.807, 2.05) is 18.2 Å². The summed E-state index contributed by atoms with van der Waals surface area (Å²) < 4.78 is 1.43. The van der Waals surface area contributed by atoms with Gasteiger partial charge in [-0.05, 0) is 0 Å². The molecule has 0 unspecified atom stereocenters. The molecule has 6 heteroatoms. The number of benzene rings is 1. The first kappa shape index (κ1) is 15.5. The van der Waals surface area contributed by atoms with Gasteiger partial charge in [0.25, 0.3) is 0 Å². The molecule has 2 rings (SSSR count). The number of Topliss-reactive ketones (excluding diaryl/α,β-unsaturated/α-hetero) is 1. The third-order valence-electron chi connectivity index (χ3n) is 2.58. The van der Waals surface area contributed by atoms with Gasteiger partial charge in [-0.15, -0.1) is 0 Å². The molecule has 20 heavy (non-hydrogen) atoms. The molecule has 0 radical (unpaired) electrons. The van der Waals surface area contributed by atoms with Crippen LogP contribution in [0.1, 0.15) is 21.7 Å². The Kier molecular flexibility index (Phi) is 5.52. The minimum absolute atomic E-state index is 0. The van der Waals surface area contributed by atoms with Crippen molar-refractivity contribution in [1.29, 1.82) is 10.5 Å². The van der Waals surface area contributed by atoms with Gasteiger partial charge in [-0.1, -0.05) is 30.3 Å². The van der Waals surface area contributed by atoms with E-state index in [1.165, 1.54) is 17.0 Å². The van der Waals surface area contributed by atoms with Crippen molar-refractivity contribution in [1.82, 2.24) is 4.98 Å². The second-order valence-electron chi connectivity index (χ2n) is 3.77. The van der Waals surface area contributed by atoms with Gasteiger partial charge in [0.05, 0.1) is 6.20 Å². The predicted molar refractivity (Wildman–Crippen MR) is 64.6 cm³/mol. The summed E-state index contributed by atoms with van der Waals surface area (Å²) in [5.74, 6) is -0.128. The van der Waals surface area contributed by atoms with Gasteiger partial charge in [0.15, 0.2) is 12.3 Å². The average molecular weight is 329 g/mol. The Labute approximate surface area is 126 Å². The number of hydrogen-bond donors (Lipinski definition) is 0. The number of rotatable bonds is 3. The molecule has 1 heterocycles. The van der Waals surface area contributed by atoms with Gasteiger partial charge in [0, 0.05) is 5.56 Å². The lowest BCUT2D eigenvalue weighted by molar-refractivity contribution is -0.686. The van der Waals surface area contributed by atoms with E-state index in [-0.39, 0.29) is 40.7 Å². The van der Waals surface area contributed by atoms with Gasteiger partial charge in [-0.3, -0.25) is 4.79 Å². The van der Waals surface area contributed by atoms with E-state index in [2.05, 4.69) is 4.98 Å². The van der Waals surface area contributed by atoms with E-state index in [9.17, 15) is 4.79 Å². The van der Waals surface area contributed by atoms with Crippen LogP contribution in [-0.4, -0.2) is 10.8 Å². The highest BCUT2D eigenvalue weighted by atomic mass is 79.9. The summed E-state index contributed by atoms with van der Waals surface area (Å²) in [7, 11) is 0. The smallest absolute Gasteiger partial charge is 0.320 e. The summed E-state index contributed by atoms with van der Waals surface area (Å²) in [5.41, 5.74) is 0.675. The Hall–Kier alpha value is -2.57. The molecule has 5 nitrogen and oxygen atoms in total. The molecule has 0 amide bonds. The van der Waals surface area contributed by atoms with Crippen LogP contribution >= 0.6 is 0 Å². The highest BCUT2D eigenvalue weighted by Crippen LogP contribution is 2.01. The van der Waals surface area contributed by atoms with Crippen molar-refractivity contribution >= 4 is 5.78 Å². The lowest BCUT2D eigenvalue weighted by atomic mass is 10.1. The highest BCUT2D eigenvalue weighted by Gasteiger charge is 2.20. The van der Waals surface area contributed by atoms with Crippen LogP contribution in [0.25, 0.3) is 0 Å². The Morgan fingerprint density at radius 2 is 1.90 bits per heavy atom. The lowest BCUT2D eigenvalue weighted by Gasteiger charge is -1.99. The Morgan fingerprint density at radius 1 is 1.20 bits per heavy atom. The fourth-order valence-electron chi connectivity index (χ4n) is 1.66. The summed E-state index contributed by atoms with van der Waals surface area (Å²) in [6.07, 6.45) is 2.91. The minimum atomic E-state index is -0.128. The van der Waals surface area contributed by atoms with Crippen LogP contribution in [0, 0.1) is 22.7 Å². The van der Waals surface area contributed by atoms with Crippen molar-refractivity contribution in [3.05, 3.63) is 59.7 Å². The molecular weight excluding hydrogens is 320 g/mol. The van der Waals surface area contributed by atoms with Crippen LogP contribution in [0.15, 0.2) is 42.7 Å². The lowest BCUT2D eigenvalue weighted by Crippen LogP contribution is -3.00. The zero-order chi connectivity index (χ0) is 13.7. The largest absolute Gasteiger partial charge is 1.00 e. The summed E-state index contributed by atoms with van der Waals surface area (Å²) in [4.78, 5) is 15.8. The number of aromatic nitrogens is 2. The maximum Gasteiger partial charge on any atom is 0.320 e. The zero-order valence-corrected chi connectivity index (χ0v) is 11.9. The molecule has 0 aliphatic carbocycles. The molecular formula is C14H9BrN4O. The van der Waals surface area contributed by atoms with Crippen molar-refractivity contribution in [2.75, 3.05) is 0 Å². The van der Waals surface area contributed by atoms with Gasteiger partial charge >= 0.3 is 5.69 Å². The Morgan fingerprint density at radius 3 is 2.50 bits per heavy atom. The number of carbonyl (C=O) groups is 1. The van der Waals surface area contributed by atoms with Crippen molar-refractivity contribution in [3.63, 3.8) is 0 Å². The summed E-state index contributed by atoms with van der Waals surface area (Å²) in [6.45, 7) is 0.00407. The molecule has 0 atom stereocenters. The van der Waals surface area contributed by atoms with Gasteiger partial charge < -0.3 is 17.0 Å². The maximum absolute atomic E-state index is 12.0. The number of ketones is 1. The first-order valence-corrected chi connectivity index (χ1v) is 5.53. The van der Waals surface area contributed by atoms with Crippen LogP contribution in [0.3, 0.4) is 0 Å². The summed E-state index contributed by atoms with van der Waals surface area (Å²) in [5, 5.41) is 17.9. The first-order chi connectivity index (χ1) is 9.26. The molecule has 0 N–H and O–H groups in total. The van der Waals surface area contributed by atoms with E-state index < -0.39 is 0 Å². The summed E-state index contributed by atoms with van der Waals surface area (Å²) in [6, 6.07) is 12.5. The third-order valence-corrected chi connectivity index (χ3v) is 2.58. The van der Waals surface area contributed by atoms with Crippen molar-refractivity contribution in [2.24, 2.45) is 0 Å². The SMILES string of the molecule is N#Cc1ncc[n+](CC(=O)c2ccccc2)c1C#N.[Br-]. The van der Waals surface area contributed by atoms with E-state index >= 15 is 0 Å². The van der Waals surface area contributed by atoms with E-state index in [4.69, 9.17) is 10.5 Å². The zero-order valence-electron chi connectivity index (χ0n) is 10.3. The Bertz CT molecular complexity index is 701.